The molecule has 2 atom stereocenters. The Morgan fingerprint density at radius 2 is 2.03 bits per heavy atom. The van der Waals surface area contributed by atoms with Gasteiger partial charge in [-0.3, -0.25) is 4.68 Å². The molecule has 0 aromatic carbocycles. The summed E-state index contributed by atoms with van der Waals surface area (Å²) in [7, 11) is 0. The van der Waals surface area contributed by atoms with Crippen molar-refractivity contribution in [3.8, 4) is 11.3 Å². The van der Waals surface area contributed by atoms with Crippen LogP contribution in [0, 0.1) is 5.41 Å². The highest BCUT2D eigenvalue weighted by Crippen LogP contribution is 2.26. The fourth-order valence-corrected chi connectivity index (χ4v) is 3.28. The van der Waals surface area contributed by atoms with Gasteiger partial charge in [0.05, 0.1) is 60.3 Å². The van der Waals surface area contributed by atoms with Gasteiger partial charge in [-0.2, -0.15) is 10.2 Å². The quantitative estimate of drug-likeness (QED) is 0.379. The molecule has 0 saturated heterocycles. The van der Waals surface area contributed by atoms with E-state index in [1.54, 1.807) is 30.0 Å². The summed E-state index contributed by atoms with van der Waals surface area (Å²) in [4.78, 5) is 4.80. The minimum Gasteiger partial charge on any atom is -0.394 e. The maximum atomic E-state index is 9.74. The second kappa shape index (κ2) is 9.64. The minimum absolute atomic E-state index is 0.337. The lowest BCUT2D eigenvalue weighted by atomic mass is 10.1. The van der Waals surface area contributed by atoms with Crippen molar-refractivity contribution >= 4 is 17.3 Å². The van der Waals surface area contributed by atoms with Crippen LogP contribution in [0.25, 0.3) is 22.3 Å². The van der Waals surface area contributed by atoms with Gasteiger partial charge in [-0.1, -0.05) is 13.8 Å². The second-order valence-corrected chi connectivity index (χ2v) is 7.26. The van der Waals surface area contributed by atoms with Crippen LogP contribution in [0.4, 0.5) is 0 Å². The normalized spacial score (nSPS) is 14.3. The van der Waals surface area contributed by atoms with Gasteiger partial charge >= 0.3 is 0 Å². The van der Waals surface area contributed by atoms with Gasteiger partial charge in [0, 0.05) is 29.7 Å². The molecule has 0 spiro atoms. The van der Waals surface area contributed by atoms with Crippen LogP contribution >= 0.6 is 0 Å². The zero-order valence-electron chi connectivity index (χ0n) is 17.5. The van der Waals surface area contributed by atoms with E-state index in [9.17, 15) is 5.11 Å². The SMILES string of the molecule is CCC(CC)n1cc(-c2nc(/C(C=N)=C/NC(C)C(O)CO)cn3nccc23)cn1. The molecule has 9 heteroatoms. The molecule has 0 saturated carbocycles. The van der Waals surface area contributed by atoms with E-state index in [0.29, 0.717) is 17.3 Å². The molecule has 3 heterocycles. The van der Waals surface area contributed by atoms with Gasteiger partial charge in [-0.15, -0.1) is 0 Å². The molecule has 3 rings (SSSR count). The molecule has 0 amide bonds. The maximum Gasteiger partial charge on any atom is 0.0999 e. The van der Waals surface area contributed by atoms with E-state index in [4.69, 9.17) is 15.5 Å². The van der Waals surface area contributed by atoms with Gasteiger partial charge in [0.2, 0.25) is 0 Å². The Kier molecular flexibility index (Phi) is 6.96. The van der Waals surface area contributed by atoms with Crippen molar-refractivity contribution < 1.29 is 10.2 Å². The van der Waals surface area contributed by atoms with E-state index in [1.165, 1.54) is 6.21 Å². The van der Waals surface area contributed by atoms with E-state index < -0.39 is 6.10 Å². The van der Waals surface area contributed by atoms with E-state index in [-0.39, 0.29) is 12.6 Å². The van der Waals surface area contributed by atoms with Gasteiger partial charge in [0.15, 0.2) is 0 Å². The third-order valence-electron chi connectivity index (χ3n) is 5.30. The van der Waals surface area contributed by atoms with Gasteiger partial charge in [0.25, 0.3) is 0 Å². The predicted octanol–water partition coefficient (Wildman–Crippen LogP) is 2.28. The Balaban J connectivity index is 2.01. The summed E-state index contributed by atoms with van der Waals surface area (Å²) in [5, 5.41) is 38.5. The highest BCUT2D eigenvalue weighted by Gasteiger charge is 2.16. The highest BCUT2D eigenvalue weighted by atomic mass is 16.3. The summed E-state index contributed by atoms with van der Waals surface area (Å²) >= 11 is 0. The molecule has 0 bridgehead atoms. The number of nitrogens with one attached hydrogen (secondary N) is 2. The van der Waals surface area contributed by atoms with Crippen molar-refractivity contribution in [2.24, 2.45) is 0 Å². The zero-order valence-corrected chi connectivity index (χ0v) is 17.5. The van der Waals surface area contributed by atoms with E-state index in [2.05, 4.69) is 29.4 Å². The first kappa shape index (κ1) is 21.7. The number of aliphatic hydroxyl groups excluding tert-OH is 2. The first-order valence-corrected chi connectivity index (χ1v) is 10.2. The lowest BCUT2D eigenvalue weighted by Gasteiger charge is -2.17. The third kappa shape index (κ3) is 4.42. The number of aromatic nitrogens is 5. The van der Waals surface area contributed by atoms with Gasteiger partial charge < -0.3 is 20.9 Å². The molecule has 160 valence electrons. The number of hydrogen-bond donors (Lipinski definition) is 4. The van der Waals surface area contributed by atoms with Crippen LogP contribution < -0.4 is 5.32 Å². The smallest absolute Gasteiger partial charge is 0.0999 e. The molecule has 0 aliphatic rings. The summed E-state index contributed by atoms with van der Waals surface area (Å²) < 4.78 is 3.71. The Hall–Kier alpha value is -3.04. The van der Waals surface area contributed by atoms with Crippen molar-refractivity contribution in [2.75, 3.05) is 6.61 Å². The van der Waals surface area contributed by atoms with Crippen LogP contribution in [0.5, 0.6) is 0 Å². The fraction of sp³-hybridized carbons (Fsp3) is 0.429. The first-order valence-electron chi connectivity index (χ1n) is 10.2. The van der Waals surface area contributed by atoms with Gasteiger partial charge in [-0.05, 0) is 25.8 Å². The van der Waals surface area contributed by atoms with Crippen LogP contribution in [0.2, 0.25) is 0 Å². The molecular weight excluding hydrogens is 382 g/mol. The minimum atomic E-state index is -0.902. The van der Waals surface area contributed by atoms with Gasteiger partial charge in [0.1, 0.15) is 0 Å². The fourth-order valence-electron chi connectivity index (χ4n) is 3.28. The van der Waals surface area contributed by atoms with E-state index >= 15 is 0 Å². The van der Waals surface area contributed by atoms with Gasteiger partial charge in [-0.25, -0.2) is 9.50 Å². The summed E-state index contributed by atoms with van der Waals surface area (Å²) in [5.74, 6) is 0. The van der Waals surface area contributed by atoms with Crippen molar-refractivity contribution in [3.05, 3.63) is 42.7 Å². The van der Waals surface area contributed by atoms with E-state index in [0.717, 1.165) is 29.6 Å². The topological polar surface area (TPSA) is 124 Å². The van der Waals surface area contributed by atoms with E-state index in [1.807, 2.05) is 23.1 Å². The first-order chi connectivity index (χ1) is 14.5. The molecule has 4 N–H and O–H groups in total. The summed E-state index contributed by atoms with van der Waals surface area (Å²) in [6.45, 7) is 5.70. The van der Waals surface area contributed by atoms with Crippen LogP contribution in [-0.2, 0) is 0 Å². The molecule has 9 nitrogen and oxygen atoms in total. The lowest BCUT2D eigenvalue weighted by molar-refractivity contribution is 0.0720. The molecule has 0 aliphatic carbocycles. The number of fused-ring (bicyclic) bond motifs is 1. The maximum absolute atomic E-state index is 9.74. The Bertz CT molecular complexity index is 1020. The summed E-state index contributed by atoms with van der Waals surface area (Å²) in [6.07, 6.45) is 11.2. The Morgan fingerprint density at radius 3 is 2.70 bits per heavy atom. The second-order valence-electron chi connectivity index (χ2n) is 7.26. The van der Waals surface area contributed by atoms with Crippen molar-refractivity contribution in [3.63, 3.8) is 0 Å². The average molecular weight is 412 g/mol. The van der Waals surface area contributed by atoms with Crippen LogP contribution in [0.3, 0.4) is 0 Å². The largest absolute Gasteiger partial charge is 0.394 e. The Morgan fingerprint density at radius 1 is 1.27 bits per heavy atom. The van der Waals surface area contributed by atoms with Crippen LogP contribution in [-0.4, -0.2) is 59.6 Å². The predicted molar refractivity (Wildman–Crippen MR) is 116 cm³/mol. The number of nitrogens with zero attached hydrogens (tertiary/aromatic N) is 5. The van der Waals surface area contributed by atoms with Crippen LogP contribution in [0.15, 0.2) is 37.1 Å². The molecule has 0 aliphatic heterocycles. The number of hydrogen-bond acceptors (Lipinski definition) is 7. The van der Waals surface area contributed by atoms with Crippen LogP contribution in [0.1, 0.15) is 45.3 Å². The number of allylic oxidation sites excluding steroid dienone is 1. The van der Waals surface area contributed by atoms with Crippen molar-refractivity contribution in [2.45, 2.75) is 51.8 Å². The third-order valence-corrected chi connectivity index (χ3v) is 5.30. The molecule has 0 fully saturated rings. The molecule has 3 aromatic rings. The number of aliphatic hydroxyl groups is 2. The average Bonchev–Trinajstić information content (AvgIpc) is 3.43. The standard InChI is InChI=1S/C21H29N7O2/c1-4-17(5-2)27-11-16(10-25-27)21-19-6-7-24-28(19)12-18(26-21)15(8-22)9-23-14(3)20(30)13-29/h6-12,14,17,20,22-23,29-30H,4-5,13H2,1-3H3/b15-9+,22-8?. The highest BCUT2D eigenvalue weighted by molar-refractivity contribution is 6.07. The summed E-state index contributed by atoms with van der Waals surface area (Å²) in [6, 6.07) is 1.85. The molecule has 3 aromatic heterocycles. The van der Waals surface area contributed by atoms with Crippen molar-refractivity contribution in [1.29, 1.82) is 5.41 Å². The summed E-state index contributed by atoms with van der Waals surface area (Å²) in [5.41, 5.74) is 3.56. The zero-order chi connectivity index (χ0) is 21.7. The lowest BCUT2D eigenvalue weighted by Crippen LogP contribution is -2.36. The molecule has 0 radical (unpaired) electrons. The molecular formula is C21H29N7O2. The number of rotatable bonds is 10. The van der Waals surface area contributed by atoms with Crippen molar-refractivity contribution in [1.82, 2.24) is 29.7 Å². The molecule has 2 unspecified atom stereocenters. The monoisotopic (exact) mass is 411 g/mol. The molecule has 30 heavy (non-hydrogen) atoms. The Labute approximate surface area is 175 Å².